The van der Waals surface area contributed by atoms with E-state index in [4.69, 9.17) is 4.74 Å². The molecule has 0 spiro atoms. The normalized spacial score (nSPS) is 14.9. The van der Waals surface area contributed by atoms with Crippen molar-refractivity contribution in [3.05, 3.63) is 134 Å². The number of hydrogen-bond donors (Lipinski definition) is 2. The number of aromatic nitrogens is 3. The molecule has 0 radical (unpaired) electrons. The van der Waals surface area contributed by atoms with Gasteiger partial charge in [-0.05, 0) is 74.0 Å². The molecule has 1 aliphatic heterocycles. The summed E-state index contributed by atoms with van der Waals surface area (Å²) in [5.41, 5.74) is 1.14. The number of carbonyl (C=O) groups is 2. The average molecular weight is 765 g/mol. The standard InChI is InChI=1S/C37H33BrF3N5O5/c1-22-19-45-32(20-44(22)35(49)24-10-15-30(38)29(17-24)37(39,40)41)33(46(36(45)50)26-11-13-27(14-12-26)51-21-23(2)47)34(48)43-18-25-7-3-4-8-28(25)31-9-5-6-16-42-31/h3-17,22-23,47H,18-21H2,1-2H3,(H,43,48)/t22-,23+/m0/s1. The fourth-order valence-electron chi connectivity index (χ4n) is 6.02. The van der Waals surface area contributed by atoms with Gasteiger partial charge in [0.15, 0.2) is 0 Å². The van der Waals surface area contributed by atoms with Crippen LogP contribution in [-0.2, 0) is 25.8 Å². The Bertz CT molecular complexity index is 2130. The molecule has 2 N–H and O–H groups in total. The summed E-state index contributed by atoms with van der Waals surface area (Å²) in [5.74, 6) is -0.842. The molecule has 3 heterocycles. The van der Waals surface area contributed by atoms with E-state index in [2.05, 4.69) is 26.2 Å². The number of halogens is 4. The molecule has 5 aromatic rings. The first-order valence-electron chi connectivity index (χ1n) is 16.0. The second-order valence-corrected chi connectivity index (χ2v) is 13.1. The van der Waals surface area contributed by atoms with E-state index >= 15 is 0 Å². The zero-order valence-corrected chi connectivity index (χ0v) is 29.1. The van der Waals surface area contributed by atoms with Crippen LogP contribution >= 0.6 is 15.9 Å². The number of ether oxygens (including phenoxy) is 1. The van der Waals surface area contributed by atoms with E-state index in [1.807, 2.05) is 36.4 Å². The minimum Gasteiger partial charge on any atom is -0.491 e. The van der Waals surface area contributed by atoms with Crippen molar-refractivity contribution in [1.82, 2.24) is 24.3 Å². The highest BCUT2D eigenvalue weighted by molar-refractivity contribution is 9.10. The summed E-state index contributed by atoms with van der Waals surface area (Å²) in [6.07, 6.45) is -3.73. The summed E-state index contributed by atoms with van der Waals surface area (Å²) in [6.45, 7) is 3.18. The Hall–Kier alpha value is -5.21. The highest BCUT2D eigenvalue weighted by Crippen LogP contribution is 2.36. The van der Waals surface area contributed by atoms with Crippen LogP contribution in [0.4, 0.5) is 13.2 Å². The maximum Gasteiger partial charge on any atom is 0.417 e. The minimum absolute atomic E-state index is 0.00602. The van der Waals surface area contributed by atoms with Gasteiger partial charge in [-0.15, -0.1) is 0 Å². The molecule has 3 aromatic carbocycles. The predicted molar refractivity (Wildman–Crippen MR) is 187 cm³/mol. The molecule has 6 rings (SSSR count). The van der Waals surface area contributed by atoms with Crippen molar-refractivity contribution >= 4 is 27.7 Å². The lowest BCUT2D eigenvalue weighted by Crippen LogP contribution is -2.47. The van der Waals surface area contributed by atoms with E-state index in [9.17, 15) is 32.7 Å². The molecule has 0 unspecified atom stereocenters. The van der Waals surface area contributed by atoms with Gasteiger partial charge in [0.25, 0.3) is 11.8 Å². The molecule has 0 saturated carbocycles. The summed E-state index contributed by atoms with van der Waals surface area (Å²) < 4.78 is 49.2. The zero-order chi connectivity index (χ0) is 36.4. The number of nitrogens with zero attached hydrogens (tertiary/aromatic N) is 4. The molecule has 14 heteroatoms. The van der Waals surface area contributed by atoms with E-state index in [1.54, 1.807) is 50.4 Å². The lowest BCUT2D eigenvalue weighted by molar-refractivity contribution is -0.138. The third-order valence-corrected chi connectivity index (χ3v) is 9.21. The number of benzene rings is 3. The maximum absolute atomic E-state index is 14.2. The number of amides is 2. The highest BCUT2D eigenvalue weighted by Gasteiger charge is 2.37. The van der Waals surface area contributed by atoms with Gasteiger partial charge in [0.1, 0.15) is 18.1 Å². The number of carbonyl (C=O) groups excluding carboxylic acids is 2. The summed E-state index contributed by atoms with van der Waals surface area (Å²) in [7, 11) is 0. The molecule has 2 aromatic heterocycles. The van der Waals surface area contributed by atoms with E-state index in [0.29, 0.717) is 17.1 Å². The largest absolute Gasteiger partial charge is 0.491 e. The van der Waals surface area contributed by atoms with Crippen molar-refractivity contribution in [3.8, 4) is 22.7 Å². The summed E-state index contributed by atoms with van der Waals surface area (Å²) in [5, 5.41) is 12.5. The Morgan fingerprint density at radius 1 is 1.06 bits per heavy atom. The number of pyridine rings is 1. The van der Waals surface area contributed by atoms with Crippen LogP contribution in [0.5, 0.6) is 5.75 Å². The quantitative estimate of drug-likeness (QED) is 0.184. The van der Waals surface area contributed by atoms with Gasteiger partial charge in [-0.3, -0.25) is 23.7 Å². The summed E-state index contributed by atoms with van der Waals surface area (Å²) in [6, 6.07) is 22.0. The van der Waals surface area contributed by atoms with Crippen LogP contribution < -0.4 is 15.7 Å². The third kappa shape index (κ3) is 7.47. The fourth-order valence-corrected chi connectivity index (χ4v) is 6.49. The van der Waals surface area contributed by atoms with Crippen molar-refractivity contribution in [2.75, 3.05) is 6.61 Å². The molecule has 51 heavy (non-hydrogen) atoms. The monoisotopic (exact) mass is 763 g/mol. The first kappa shape index (κ1) is 35.6. The Morgan fingerprint density at radius 2 is 1.78 bits per heavy atom. The number of imidazole rings is 1. The van der Waals surface area contributed by atoms with E-state index in [0.717, 1.165) is 17.2 Å². The number of rotatable bonds is 9. The Morgan fingerprint density at radius 3 is 2.47 bits per heavy atom. The molecule has 2 amide bonds. The molecule has 1 aliphatic rings. The van der Waals surface area contributed by atoms with E-state index in [1.165, 1.54) is 26.2 Å². The molecule has 0 saturated heterocycles. The summed E-state index contributed by atoms with van der Waals surface area (Å²) >= 11 is 2.92. The van der Waals surface area contributed by atoms with Crippen molar-refractivity contribution in [2.24, 2.45) is 0 Å². The second kappa shape index (κ2) is 14.6. The van der Waals surface area contributed by atoms with Crippen LogP contribution in [0, 0.1) is 0 Å². The van der Waals surface area contributed by atoms with Crippen LogP contribution in [-0.4, -0.2) is 54.7 Å². The summed E-state index contributed by atoms with van der Waals surface area (Å²) in [4.78, 5) is 47.9. The highest BCUT2D eigenvalue weighted by atomic mass is 79.9. The first-order valence-corrected chi connectivity index (χ1v) is 16.8. The topological polar surface area (TPSA) is 119 Å². The molecule has 10 nitrogen and oxygen atoms in total. The van der Waals surface area contributed by atoms with Gasteiger partial charge in [0.05, 0.1) is 35.3 Å². The van der Waals surface area contributed by atoms with Crippen LogP contribution in [0.1, 0.15) is 51.5 Å². The van der Waals surface area contributed by atoms with Gasteiger partial charge in [-0.2, -0.15) is 13.2 Å². The molecule has 264 valence electrons. The Labute approximate surface area is 299 Å². The number of hydrogen-bond acceptors (Lipinski definition) is 6. The molecule has 0 fully saturated rings. The zero-order valence-electron chi connectivity index (χ0n) is 27.5. The smallest absolute Gasteiger partial charge is 0.417 e. The SMILES string of the molecule is C[C@@H](O)COc1ccc(-n2c(C(=O)NCc3ccccc3-c3ccccn3)c3n(c2=O)C[C@H](C)N(C(=O)c2ccc(Br)c(C(F)(F)F)c2)C3)cc1. The van der Waals surface area contributed by atoms with Gasteiger partial charge >= 0.3 is 11.9 Å². The molecular formula is C37H33BrF3N5O5. The van der Waals surface area contributed by atoms with Crippen molar-refractivity contribution in [3.63, 3.8) is 0 Å². The molecule has 2 atom stereocenters. The second-order valence-electron chi connectivity index (χ2n) is 12.2. The lowest BCUT2D eigenvalue weighted by atomic mass is 10.0. The van der Waals surface area contributed by atoms with Crippen LogP contribution in [0.2, 0.25) is 0 Å². The van der Waals surface area contributed by atoms with Gasteiger partial charge < -0.3 is 20.1 Å². The number of nitrogens with one attached hydrogen (secondary N) is 1. The fraction of sp³-hybridized carbons (Fsp3) is 0.243. The first-order chi connectivity index (χ1) is 24.3. The van der Waals surface area contributed by atoms with Crippen LogP contribution in [0.25, 0.3) is 16.9 Å². The van der Waals surface area contributed by atoms with Gasteiger partial charge in [0.2, 0.25) is 0 Å². The Balaban J connectivity index is 1.39. The maximum atomic E-state index is 14.2. The van der Waals surface area contributed by atoms with E-state index < -0.39 is 41.4 Å². The van der Waals surface area contributed by atoms with Crippen molar-refractivity contribution in [1.29, 1.82) is 0 Å². The molecule has 0 bridgehead atoms. The lowest BCUT2D eigenvalue weighted by Gasteiger charge is -2.34. The van der Waals surface area contributed by atoms with Gasteiger partial charge in [0, 0.05) is 40.9 Å². The third-order valence-electron chi connectivity index (χ3n) is 8.52. The number of aliphatic hydroxyl groups is 1. The van der Waals surface area contributed by atoms with Gasteiger partial charge in [-0.25, -0.2) is 4.79 Å². The van der Waals surface area contributed by atoms with Crippen molar-refractivity contribution in [2.45, 2.75) is 51.8 Å². The number of aliphatic hydroxyl groups excluding tert-OH is 1. The Kier molecular flexibility index (Phi) is 10.2. The average Bonchev–Trinajstić information content (AvgIpc) is 3.40. The molecular weight excluding hydrogens is 731 g/mol. The van der Waals surface area contributed by atoms with Crippen LogP contribution in [0.15, 0.2) is 100 Å². The number of fused-ring (bicyclic) bond motifs is 1. The minimum atomic E-state index is -4.70. The van der Waals surface area contributed by atoms with E-state index in [-0.39, 0.29) is 47.7 Å². The molecule has 0 aliphatic carbocycles. The predicted octanol–water partition coefficient (Wildman–Crippen LogP) is 6.22. The van der Waals surface area contributed by atoms with Crippen molar-refractivity contribution < 1.29 is 32.6 Å². The number of alkyl halides is 3. The van der Waals surface area contributed by atoms with Gasteiger partial charge in [-0.1, -0.05) is 46.3 Å². The van der Waals surface area contributed by atoms with Crippen LogP contribution in [0.3, 0.4) is 0 Å².